The summed E-state index contributed by atoms with van der Waals surface area (Å²) in [6.07, 6.45) is 0.858. The molecule has 0 unspecified atom stereocenters. The second-order valence-corrected chi connectivity index (χ2v) is 10.2. The molecule has 0 spiro atoms. The molecule has 0 bridgehead atoms. The minimum Gasteiger partial charge on any atom is -0.454 e. The number of fused-ring (bicyclic) bond motifs is 1. The normalized spacial score (nSPS) is 15.1. The molecule has 1 aliphatic rings. The molecule has 0 amide bonds. The van der Waals surface area contributed by atoms with Gasteiger partial charge in [0.15, 0.2) is 0 Å². The van der Waals surface area contributed by atoms with Crippen LogP contribution in [0.3, 0.4) is 0 Å². The molecule has 0 aliphatic carbocycles. The van der Waals surface area contributed by atoms with E-state index in [-0.39, 0.29) is 11.5 Å². The molecule has 2 heterocycles. The SMILES string of the molecule is CCCn1c(COC(=O)c2cc(C)cc(C)c2)nc2cc(S(=O)(=O)N3CCOCC3)ccc21. The van der Waals surface area contributed by atoms with Crippen molar-refractivity contribution < 1.29 is 22.7 Å². The Morgan fingerprint density at radius 3 is 2.45 bits per heavy atom. The molecule has 3 aromatic rings. The molecule has 8 nitrogen and oxygen atoms in total. The number of sulfonamides is 1. The zero-order valence-corrected chi connectivity index (χ0v) is 20.0. The zero-order valence-electron chi connectivity index (χ0n) is 19.2. The van der Waals surface area contributed by atoms with E-state index in [9.17, 15) is 13.2 Å². The minimum absolute atomic E-state index is 0.00600. The van der Waals surface area contributed by atoms with Crippen LogP contribution in [0.15, 0.2) is 41.3 Å². The predicted molar refractivity (Wildman–Crippen MR) is 125 cm³/mol. The Labute approximate surface area is 194 Å². The van der Waals surface area contributed by atoms with Crippen LogP contribution in [0.1, 0.15) is 40.7 Å². The molecule has 2 aromatic carbocycles. The Hall–Kier alpha value is -2.75. The zero-order chi connectivity index (χ0) is 23.6. The fourth-order valence-corrected chi connectivity index (χ4v) is 5.57. The van der Waals surface area contributed by atoms with Gasteiger partial charge in [0.05, 0.1) is 34.7 Å². The number of nitrogens with zero attached hydrogens (tertiary/aromatic N) is 3. The Bertz CT molecular complexity index is 1260. The minimum atomic E-state index is -3.62. The van der Waals surface area contributed by atoms with Gasteiger partial charge >= 0.3 is 5.97 Å². The van der Waals surface area contributed by atoms with Gasteiger partial charge in [0, 0.05) is 19.6 Å². The van der Waals surface area contributed by atoms with E-state index in [1.807, 2.05) is 24.5 Å². The van der Waals surface area contributed by atoms with Crippen molar-refractivity contribution >= 4 is 27.0 Å². The molecule has 1 fully saturated rings. The molecule has 1 aliphatic heterocycles. The third-order valence-electron chi connectivity index (χ3n) is 5.64. The molecule has 4 rings (SSSR count). The molecule has 176 valence electrons. The number of aromatic nitrogens is 2. The lowest BCUT2D eigenvalue weighted by Crippen LogP contribution is -2.40. The van der Waals surface area contributed by atoms with Gasteiger partial charge in [-0.25, -0.2) is 18.2 Å². The molecular weight excluding hydrogens is 442 g/mol. The van der Waals surface area contributed by atoms with Crippen LogP contribution in [-0.2, 0) is 32.6 Å². The van der Waals surface area contributed by atoms with Crippen LogP contribution in [0.25, 0.3) is 11.0 Å². The van der Waals surface area contributed by atoms with E-state index in [4.69, 9.17) is 9.47 Å². The molecule has 33 heavy (non-hydrogen) atoms. The molecule has 0 N–H and O–H groups in total. The molecule has 0 saturated carbocycles. The van der Waals surface area contributed by atoms with Crippen LogP contribution in [0.4, 0.5) is 0 Å². The van der Waals surface area contributed by atoms with Crippen molar-refractivity contribution in [3.63, 3.8) is 0 Å². The van der Waals surface area contributed by atoms with E-state index in [1.165, 1.54) is 4.31 Å². The third-order valence-corrected chi connectivity index (χ3v) is 7.54. The molecule has 1 aromatic heterocycles. The van der Waals surface area contributed by atoms with E-state index in [0.717, 1.165) is 23.1 Å². The first kappa shape index (κ1) is 23.4. The largest absolute Gasteiger partial charge is 0.454 e. The first-order valence-electron chi connectivity index (χ1n) is 11.1. The van der Waals surface area contributed by atoms with E-state index < -0.39 is 16.0 Å². The number of hydrogen-bond donors (Lipinski definition) is 0. The monoisotopic (exact) mass is 471 g/mol. The van der Waals surface area contributed by atoms with E-state index in [2.05, 4.69) is 11.9 Å². The number of imidazole rings is 1. The van der Waals surface area contributed by atoms with Crippen LogP contribution in [0, 0.1) is 13.8 Å². The summed E-state index contributed by atoms with van der Waals surface area (Å²) >= 11 is 0. The van der Waals surface area contributed by atoms with E-state index in [1.54, 1.807) is 30.3 Å². The van der Waals surface area contributed by atoms with Gasteiger partial charge in [0.2, 0.25) is 10.0 Å². The van der Waals surface area contributed by atoms with Crippen molar-refractivity contribution in [3.05, 3.63) is 58.9 Å². The first-order chi connectivity index (χ1) is 15.8. The van der Waals surface area contributed by atoms with Gasteiger partial charge in [0.25, 0.3) is 0 Å². The van der Waals surface area contributed by atoms with Crippen molar-refractivity contribution in [1.82, 2.24) is 13.9 Å². The highest BCUT2D eigenvalue weighted by atomic mass is 32.2. The second kappa shape index (κ2) is 9.62. The Kier molecular flexibility index (Phi) is 6.83. The number of hydrogen-bond acceptors (Lipinski definition) is 6. The third kappa shape index (κ3) is 4.95. The highest BCUT2D eigenvalue weighted by molar-refractivity contribution is 7.89. The van der Waals surface area contributed by atoms with Gasteiger partial charge < -0.3 is 14.0 Å². The van der Waals surface area contributed by atoms with Crippen molar-refractivity contribution in [2.24, 2.45) is 0 Å². The number of esters is 1. The fraction of sp³-hybridized carbons (Fsp3) is 0.417. The van der Waals surface area contributed by atoms with Gasteiger partial charge in [-0.1, -0.05) is 24.1 Å². The molecular formula is C24H29N3O5S. The van der Waals surface area contributed by atoms with Crippen molar-refractivity contribution in [3.8, 4) is 0 Å². The van der Waals surface area contributed by atoms with E-state index in [0.29, 0.717) is 49.8 Å². The van der Waals surface area contributed by atoms with Crippen LogP contribution < -0.4 is 0 Å². The Morgan fingerprint density at radius 1 is 1.09 bits per heavy atom. The van der Waals surface area contributed by atoms with Gasteiger partial charge in [-0.3, -0.25) is 0 Å². The lowest BCUT2D eigenvalue weighted by Gasteiger charge is -2.26. The van der Waals surface area contributed by atoms with Crippen LogP contribution in [0.5, 0.6) is 0 Å². The molecule has 0 atom stereocenters. The van der Waals surface area contributed by atoms with Gasteiger partial charge in [-0.2, -0.15) is 4.31 Å². The summed E-state index contributed by atoms with van der Waals surface area (Å²) in [4.78, 5) is 17.4. The number of rotatable bonds is 7. The fourth-order valence-electron chi connectivity index (χ4n) is 4.15. The number of benzene rings is 2. The van der Waals surface area contributed by atoms with Crippen LogP contribution in [-0.4, -0.2) is 54.5 Å². The molecule has 0 radical (unpaired) electrons. The maximum absolute atomic E-state index is 13.0. The number of carbonyl (C=O) groups is 1. The van der Waals surface area contributed by atoms with Crippen molar-refractivity contribution in [2.45, 2.75) is 45.2 Å². The summed E-state index contributed by atoms with van der Waals surface area (Å²) in [5.74, 6) is 0.179. The average Bonchev–Trinajstić information content (AvgIpc) is 3.14. The predicted octanol–water partition coefficient (Wildman–Crippen LogP) is 3.44. The summed E-state index contributed by atoms with van der Waals surface area (Å²) in [6.45, 7) is 8.07. The summed E-state index contributed by atoms with van der Waals surface area (Å²) in [6, 6.07) is 10.6. The molecule has 1 saturated heterocycles. The standard InChI is InChI=1S/C24H29N3O5S/c1-4-7-27-22-6-5-20(33(29,30)26-8-10-31-11-9-26)15-21(22)25-23(27)16-32-24(28)19-13-17(2)12-18(3)14-19/h5-6,12-15H,4,7-11,16H2,1-3H3. The van der Waals surface area contributed by atoms with Crippen molar-refractivity contribution in [1.29, 1.82) is 0 Å². The second-order valence-electron chi connectivity index (χ2n) is 8.30. The summed E-state index contributed by atoms with van der Waals surface area (Å²) in [5.41, 5.74) is 3.87. The number of carbonyl (C=O) groups excluding carboxylic acids is 1. The summed E-state index contributed by atoms with van der Waals surface area (Å²) in [7, 11) is -3.62. The number of ether oxygens (including phenoxy) is 2. The van der Waals surface area contributed by atoms with Gasteiger partial charge in [-0.05, 0) is 50.6 Å². The molecule has 9 heteroatoms. The number of morpholine rings is 1. The lowest BCUT2D eigenvalue weighted by molar-refractivity contribution is 0.0458. The van der Waals surface area contributed by atoms with Crippen LogP contribution >= 0.6 is 0 Å². The Morgan fingerprint density at radius 2 is 1.79 bits per heavy atom. The maximum atomic E-state index is 13.0. The topological polar surface area (TPSA) is 90.7 Å². The van der Waals surface area contributed by atoms with Gasteiger partial charge in [0.1, 0.15) is 12.4 Å². The highest BCUT2D eigenvalue weighted by Gasteiger charge is 2.27. The van der Waals surface area contributed by atoms with Crippen molar-refractivity contribution in [2.75, 3.05) is 26.3 Å². The quantitative estimate of drug-likeness (QED) is 0.490. The lowest BCUT2D eigenvalue weighted by atomic mass is 10.1. The maximum Gasteiger partial charge on any atom is 0.338 e. The first-order valence-corrected chi connectivity index (χ1v) is 12.6. The smallest absolute Gasteiger partial charge is 0.338 e. The summed E-state index contributed by atoms with van der Waals surface area (Å²) < 4.78 is 40.3. The summed E-state index contributed by atoms with van der Waals surface area (Å²) in [5, 5.41) is 0. The number of aryl methyl sites for hydroxylation is 3. The van der Waals surface area contributed by atoms with Crippen LogP contribution in [0.2, 0.25) is 0 Å². The Balaban J connectivity index is 1.61. The van der Waals surface area contributed by atoms with Gasteiger partial charge in [-0.15, -0.1) is 0 Å². The van der Waals surface area contributed by atoms with E-state index >= 15 is 0 Å². The highest BCUT2D eigenvalue weighted by Crippen LogP contribution is 2.24. The average molecular weight is 472 g/mol.